The lowest BCUT2D eigenvalue weighted by atomic mass is 10.1. The van der Waals surface area contributed by atoms with Crippen molar-refractivity contribution in [3.8, 4) is 0 Å². The van der Waals surface area contributed by atoms with Crippen molar-refractivity contribution in [3.05, 3.63) is 23.9 Å². The lowest BCUT2D eigenvalue weighted by Gasteiger charge is -2.36. The maximum Gasteiger partial charge on any atom is 0.0886 e. The predicted molar refractivity (Wildman–Crippen MR) is 70.5 cm³/mol. The Balaban J connectivity index is 2.10. The zero-order valence-corrected chi connectivity index (χ0v) is 10.3. The topological polar surface area (TPSA) is 44.0 Å². The monoisotopic (exact) mass is 230 g/mol. The van der Waals surface area contributed by atoms with Gasteiger partial charge in [0.05, 0.1) is 17.4 Å². The zero-order chi connectivity index (χ0) is 11.8. The summed E-state index contributed by atoms with van der Waals surface area (Å²) in [6.07, 6.45) is 1.92. The second kappa shape index (κ2) is 4.04. The first-order valence-corrected chi connectivity index (χ1v) is 6.17. The van der Waals surface area contributed by atoms with Crippen LogP contribution in [0.3, 0.4) is 0 Å². The number of aromatic amines is 1. The average molecular weight is 230 g/mol. The summed E-state index contributed by atoms with van der Waals surface area (Å²) in [7, 11) is 0. The molecule has 2 N–H and O–H groups in total. The molecule has 4 heteroatoms. The Morgan fingerprint density at radius 1 is 1.41 bits per heavy atom. The standard InChI is InChI=1S/C13H18N4/c1-9-3-4-12(13-11(9)8-15-16-13)17-6-5-14-7-10(17)2/h3-4,8,10,14H,5-7H2,1-2H3,(H,15,16). The second-order valence-electron chi connectivity index (χ2n) is 4.81. The molecule has 4 nitrogen and oxygen atoms in total. The minimum atomic E-state index is 0.526. The van der Waals surface area contributed by atoms with Gasteiger partial charge in [0, 0.05) is 31.1 Å². The summed E-state index contributed by atoms with van der Waals surface area (Å²) in [4.78, 5) is 2.45. The van der Waals surface area contributed by atoms with Crippen molar-refractivity contribution >= 4 is 16.6 Å². The van der Waals surface area contributed by atoms with Crippen LogP contribution in [0.5, 0.6) is 0 Å². The van der Waals surface area contributed by atoms with Gasteiger partial charge in [0.2, 0.25) is 0 Å². The van der Waals surface area contributed by atoms with Gasteiger partial charge in [-0.2, -0.15) is 5.10 Å². The molecular formula is C13H18N4. The first-order valence-electron chi connectivity index (χ1n) is 6.17. The molecule has 1 aromatic carbocycles. The van der Waals surface area contributed by atoms with Gasteiger partial charge in [-0.1, -0.05) is 6.07 Å². The van der Waals surface area contributed by atoms with Crippen LogP contribution in [0.25, 0.3) is 10.9 Å². The molecule has 1 aromatic heterocycles. The summed E-state index contributed by atoms with van der Waals surface area (Å²) in [6.45, 7) is 7.53. The van der Waals surface area contributed by atoms with E-state index in [1.807, 2.05) is 6.20 Å². The van der Waals surface area contributed by atoms with Crippen LogP contribution in [0.2, 0.25) is 0 Å². The summed E-state index contributed by atoms with van der Waals surface area (Å²) in [6, 6.07) is 4.91. The molecule has 0 bridgehead atoms. The first kappa shape index (κ1) is 10.6. The molecule has 3 rings (SSSR count). The fraction of sp³-hybridized carbons (Fsp3) is 0.462. The van der Waals surface area contributed by atoms with Crippen LogP contribution < -0.4 is 10.2 Å². The quantitative estimate of drug-likeness (QED) is 0.783. The van der Waals surface area contributed by atoms with Crippen molar-refractivity contribution in [1.82, 2.24) is 15.5 Å². The van der Waals surface area contributed by atoms with Crippen LogP contribution >= 0.6 is 0 Å². The van der Waals surface area contributed by atoms with Gasteiger partial charge in [0.1, 0.15) is 0 Å². The predicted octanol–water partition coefficient (Wildman–Crippen LogP) is 1.67. The molecule has 17 heavy (non-hydrogen) atoms. The maximum atomic E-state index is 4.18. The largest absolute Gasteiger partial charge is 0.365 e. The smallest absolute Gasteiger partial charge is 0.0886 e. The highest BCUT2D eigenvalue weighted by Gasteiger charge is 2.20. The molecule has 2 heterocycles. The van der Waals surface area contributed by atoms with Crippen molar-refractivity contribution in [3.63, 3.8) is 0 Å². The van der Waals surface area contributed by atoms with Gasteiger partial charge in [0.25, 0.3) is 0 Å². The molecule has 0 spiro atoms. The van der Waals surface area contributed by atoms with E-state index in [-0.39, 0.29) is 0 Å². The second-order valence-corrected chi connectivity index (χ2v) is 4.81. The Morgan fingerprint density at radius 2 is 2.29 bits per heavy atom. The fourth-order valence-electron chi connectivity index (χ4n) is 2.60. The number of hydrogen-bond acceptors (Lipinski definition) is 3. The number of H-pyrrole nitrogens is 1. The Hall–Kier alpha value is -1.55. The van der Waals surface area contributed by atoms with Gasteiger partial charge in [-0.25, -0.2) is 0 Å². The normalized spacial score (nSPS) is 21.1. The van der Waals surface area contributed by atoms with Crippen LogP contribution in [0.15, 0.2) is 18.3 Å². The highest BCUT2D eigenvalue weighted by atomic mass is 15.2. The van der Waals surface area contributed by atoms with Gasteiger partial charge < -0.3 is 10.2 Å². The number of anilines is 1. The van der Waals surface area contributed by atoms with Crippen molar-refractivity contribution in [1.29, 1.82) is 0 Å². The third-order valence-corrected chi connectivity index (χ3v) is 3.62. The van der Waals surface area contributed by atoms with Crippen molar-refractivity contribution < 1.29 is 0 Å². The van der Waals surface area contributed by atoms with Gasteiger partial charge in [-0.15, -0.1) is 0 Å². The van der Waals surface area contributed by atoms with E-state index in [4.69, 9.17) is 0 Å². The molecule has 1 aliphatic heterocycles. The highest BCUT2D eigenvalue weighted by molar-refractivity contribution is 5.93. The Morgan fingerprint density at radius 3 is 3.12 bits per heavy atom. The number of nitrogens with one attached hydrogen (secondary N) is 2. The summed E-state index contributed by atoms with van der Waals surface area (Å²) >= 11 is 0. The number of hydrogen-bond donors (Lipinski definition) is 2. The van der Waals surface area contributed by atoms with Crippen molar-refractivity contribution in [2.75, 3.05) is 24.5 Å². The van der Waals surface area contributed by atoms with E-state index in [0.29, 0.717) is 6.04 Å². The van der Waals surface area contributed by atoms with Crippen LogP contribution in [-0.2, 0) is 0 Å². The molecule has 0 aliphatic carbocycles. The number of aromatic nitrogens is 2. The SMILES string of the molecule is Cc1ccc(N2CCNCC2C)c2[nH]ncc12. The molecule has 1 aliphatic rings. The lowest BCUT2D eigenvalue weighted by molar-refractivity contribution is 0.501. The molecule has 1 unspecified atom stereocenters. The van der Waals surface area contributed by atoms with E-state index in [1.54, 1.807) is 0 Å². The number of fused-ring (bicyclic) bond motifs is 1. The fourth-order valence-corrected chi connectivity index (χ4v) is 2.60. The van der Waals surface area contributed by atoms with Crippen molar-refractivity contribution in [2.45, 2.75) is 19.9 Å². The maximum absolute atomic E-state index is 4.18. The van der Waals surface area contributed by atoms with E-state index in [2.05, 4.69) is 46.4 Å². The Bertz CT molecular complexity index is 531. The van der Waals surface area contributed by atoms with Gasteiger partial charge >= 0.3 is 0 Å². The molecule has 1 fully saturated rings. The number of aryl methyl sites for hydroxylation is 1. The van der Waals surface area contributed by atoms with Crippen molar-refractivity contribution in [2.24, 2.45) is 0 Å². The molecule has 0 amide bonds. The molecule has 2 aromatic rings. The molecule has 0 saturated carbocycles. The molecule has 1 saturated heterocycles. The van der Waals surface area contributed by atoms with Crippen LogP contribution in [0, 0.1) is 6.92 Å². The Labute approximate surface area is 101 Å². The van der Waals surface area contributed by atoms with Crippen LogP contribution in [0.4, 0.5) is 5.69 Å². The van der Waals surface area contributed by atoms with E-state index >= 15 is 0 Å². The van der Waals surface area contributed by atoms with E-state index in [9.17, 15) is 0 Å². The van der Waals surface area contributed by atoms with Crippen LogP contribution in [0.1, 0.15) is 12.5 Å². The zero-order valence-electron chi connectivity index (χ0n) is 10.3. The average Bonchev–Trinajstić information content (AvgIpc) is 2.81. The summed E-state index contributed by atoms with van der Waals surface area (Å²) in [5.74, 6) is 0. The number of piperazine rings is 1. The molecule has 0 radical (unpaired) electrons. The molecular weight excluding hydrogens is 212 g/mol. The van der Waals surface area contributed by atoms with Gasteiger partial charge in [-0.3, -0.25) is 5.10 Å². The number of rotatable bonds is 1. The summed E-state index contributed by atoms with van der Waals surface area (Å²) in [5, 5.41) is 12.0. The summed E-state index contributed by atoms with van der Waals surface area (Å²) < 4.78 is 0. The molecule has 90 valence electrons. The highest BCUT2D eigenvalue weighted by Crippen LogP contribution is 2.28. The van der Waals surface area contributed by atoms with Gasteiger partial charge in [-0.05, 0) is 25.5 Å². The lowest BCUT2D eigenvalue weighted by Crippen LogP contribution is -2.50. The van der Waals surface area contributed by atoms with E-state index in [0.717, 1.165) is 19.6 Å². The Kier molecular flexibility index (Phi) is 2.52. The number of benzene rings is 1. The minimum absolute atomic E-state index is 0.526. The third-order valence-electron chi connectivity index (χ3n) is 3.62. The van der Waals surface area contributed by atoms with E-state index < -0.39 is 0 Å². The van der Waals surface area contributed by atoms with E-state index in [1.165, 1.54) is 22.2 Å². The minimum Gasteiger partial charge on any atom is -0.365 e. The first-order chi connectivity index (χ1) is 8.27. The third kappa shape index (κ3) is 1.69. The summed E-state index contributed by atoms with van der Waals surface area (Å²) in [5.41, 5.74) is 3.72. The van der Waals surface area contributed by atoms with Gasteiger partial charge in [0.15, 0.2) is 0 Å². The molecule has 1 atom stereocenters. The van der Waals surface area contributed by atoms with Crippen LogP contribution in [-0.4, -0.2) is 35.9 Å². The number of nitrogens with zero attached hydrogens (tertiary/aromatic N) is 2.